The zero-order valence-corrected chi connectivity index (χ0v) is 11.4. The van der Waals surface area contributed by atoms with Gasteiger partial charge in [0.25, 0.3) is 5.56 Å². The first-order valence-electron chi connectivity index (χ1n) is 5.67. The van der Waals surface area contributed by atoms with E-state index in [1.807, 2.05) is 0 Å². The van der Waals surface area contributed by atoms with Crippen molar-refractivity contribution in [2.45, 2.75) is 12.1 Å². The lowest BCUT2D eigenvalue weighted by molar-refractivity contribution is -0.133. The highest BCUT2D eigenvalue weighted by atomic mass is 32.2. The average molecular weight is 294 g/mol. The van der Waals surface area contributed by atoms with Gasteiger partial charge in [0.2, 0.25) is 0 Å². The van der Waals surface area contributed by atoms with E-state index in [1.54, 1.807) is 13.0 Å². The summed E-state index contributed by atoms with van der Waals surface area (Å²) in [6.45, 7) is 1.74. The lowest BCUT2D eigenvalue weighted by atomic mass is 10.2. The van der Waals surface area contributed by atoms with Crippen molar-refractivity contribution in [1.29, 1.82) is 0 Å². The third-order valence-electron chi connectivity index (χ3n) is 2.41. The van der Waals surface area contributed by atoms with Gasteiger partial charge >= 0.3 is 5.97 Å². The smallest absolute Gasteiger partial charge is 0.313 e. The number of aliphatic carboxylic acids is 1. The summed E-state index contributed by atoms with van der Waals surface area (Å²) in [5.74, 6) is -1.66. The summed E-state index contributed by atoms with van der Waals surface area (Å²) < 4.78 is 14.9. The summed E-state index contributed by atoms with van der Waals surface area (Å²) in [5.41, 5.74) is 0.734. The first-order chi connectivity index (χ1) is 9.45. The first kappa shape index (κ1) is 14.3. The molecule has 0 saturated carbocycles. The maximum absolute atomic E-state index is 13.4. The maximum atomic E-state index is 13.4. The molecule has 0 aliphatic carbocycles. The topological polar surface area (TPSA) is 72.2 Å². The van der Waals surface area contributed by atoms with Crippen LogP contribution in [0.1, 0.15) is 5.56 Å². The molecule has 0 saturated heterocycles. The molecule has 2 aromatic rings. The second-order valence-corrected chi connectivity index (χ2v) is 5.03. The number of aryl methyl sites for hydroxylation is 1. The molecule has 0 amide bonds. The zero-order valence-electron chi connectivity index (χ0n) is 10.5. The van der Waals surface area contributed by atoms with Crippen molar-refractivity contribution in [3.63, 3.8) is 0 Å². The molecule has 0 bridgehead atoms. The summed E-state index contributed by atoms with van der Waals surface area (Å²) in [5, 5.41) is 8.91. The Morgan fingerprint density at radius 1 is 1.45 bits per heavy atom. The van der Waals surface area contributed by atoms with Gasteiger partial charge in [0, 0.05) is 12.3 Å². The average Bonchev–Trinajstić information content (AvgIpc) is 2.35. The minimum Gasteiger partial charge on any atom is -0.481 e. The van der Waals surface area contributed by atoms with Crippen molar-refractivity contribution in [3.8, 4) is 5.69 Å². The Morgan fingerprint density at radius 2 is 2.20 bits per heavy atom. The van der Waals surface area contributed by atoms with Crippen molar-refractivity contribution in [1.82, 2.24) is 9.55 Å². The second-order valence-electron chi connectivity index (χ2n) is 4.09. The molecule has 0 atom stereocenters. The SMILES string of the molecule is Cc1cc(F)cc(-n2ccc(=O)nc2SCC(=O)O)c1. The van der Waals surface area contributed by atoms with Crippen LogP contribution >= 0.6 is 11.8 Å². The number of halogens is 1. The fraction of sp³-hybridized carbons (Fsp3) is 0.154. The van der Waals surface area contributed by atoms with E-state index in [-0.39, 0.29) is 10.9 Å². The van der Waals surface area contributed by atoms with Gasteiger partial charge in [-0.15, -0.1) is 0 Å². The van der Waals surface area contributed by atoms with Crippen LogP contribution in [0.3, 0.4) is 0 Å². The molecule has 20 heavy (non-hydrogen) atoms. The molecule has 0 aliphatic heterocycles. The third-order valence-corrected chi connectivity index (χ3v) is 3.35. The van der Waals surface area contributed by atoms with Crippen molar-refractivity contribution in [2.75, 3.05) is 5.75 Å². The molecule has 0 aliphatic rings. The Balaban J connectivity index is 2.49. The Bertz CT molecular complexity index is 695. The molecule has 1 N–H and O–H groups in total. The van der Waals surface area contributed by atoms with Crippen LogP contribution in [0.5, 0.6) is 0 Å². The Morgan fingerprint density at radius 3 is 2.85 bits per heavy atom. The van der Waals surface area contributed by atoms with E-state index in [0.29, 0.717) is 11.3 Å². The molecule has 0 fully saturated rings. The van der Waals surface area contributed by atoms with Crippen LogP contribution in [-0.4, -0.2) is 26.4 Å². The van der Waals surface area contributed by atoms with E-state index in [4.69, 9.17) is 5.11 Å². The lowest BCUT2D eigenvalue weighted by Crippen LogP contribution is -2.13. The van der Waals surface area contributed by atoms with Crippen molar-refractivity contribution in [2.24, 2.45) is 0 Å². The molecule has 7 heteroatoms. The number of thioether (sulfide) groups is 1. The van der Waals surface area contributed by atoms with Crippen LogP contribution in [0.2, 0.25) is 0 Å². The monoisotopic (exact) mass is 294 g/mol. The minimum absolute atomic E-state index is 0.213. The van der Waals surface area contributed by atoms with Crippen molar-refractivity contribution in [3.05, 3.63) is 52.2 Å². The highest BCUT2D eigenvalue weighted by Gasteiger charge is 2.09. The van der Waals surface area contributed by atoms with Gasteiger partial charge < -0.3 is 5.11 Å². The molecule has 0 radical (unpaired) electrons. The quantitative estimate of drug-likeness (QED) is 0.688. The molecule has 0 unspecified atom stereocenters. The largest absolute Gasteiger partial charge is 0.481 e. The highest BCUT2D eigenvalue weighted by Crippen LogP contribution is 2.20. The molecule has 1 aromatic carbocycles. The van der Waals surface area contributed by atoms with Gasteiger partial charge in [0.1, 0.15) is 5.82 Å². The van der Waals surface area contributed by atoms with Crippen LogP contribution in [0.15, 0.2) is 40.4 Å². The van der Waals surface area contributed by atoms with E-state index < -0.39 is 17.3 Å². The van der Waals surface area contributed by atoms with Gasteiger partial charge in [-0.1, -0.05) is 11.8 Å². The Kier molecular flexibility index (Phi) is 4.19. The van der Waals surface area contributed by atoms with E-state index in [0.717, 1.165) is 11.8 Å². The molecule has 1 heterocycles. The van der Waals surface area contributed by atoms with Crippen LogP contribution < -0.4 is 5.56 Å². The molecule has 1 aromatic heterocycles. The third kappa shape index (κ3) is 3.45. The number of nitrogens with zero attached hydrogens (tertiary/aromatic N) is 2. The summed E-state index contributed by atoms with van der Waals surface area (Å²) in [4.78, 5) is 25.7. The summed E-state index contributed by atoms with van der Waals surface area (Å²) in [7, 11) is 0. The van der Waals surface area contributed by atoms with Gasteiger partial charge in [0.05, 0.1) is 11.4 Å². The van der Waals surface area contributed by atoms with Gasteiger partial charge in [-0.3, -0.25) is 14.2 Å². The van der Waals surface area contributed by atoms with E-state index in [2.05, 4.69) is 4.98 Å². The number of carboxylic acid groups (broad SMARTS) is 1. The fourth-order valence-corrected chi connectivity index (χ4v) is 2.38. The number of rotatable bonds is 4. The number of benzene rings is 1. The van der Waals surface area contributed by atoms with Crippen molar-refractivity contribution < 1.29 is 14.3 Å². The predicted octanol–water partition coefficient (Wildman–Crippen LogP) is 1.86. The Labute approximate surface area is 118 Å². The molecule has 0 spiro atoms. The van der Waals surface area contributed by atoms with Crippen LogP contribution in [-0.2, 0) is 4.79 Å². The molecule has 5 nitrogen and oxygen atoms in total. The van der Waals surface area contributed by atoms with Gasteiger partial charge in [-0.05, 0) is 30.7 Å². The van der Waals surface area contributed by atoms with E-state index in [9.17, 15) is 14.0 Å². The van der Waals surface area contributed by atoms with Gasteiger partial charge in [0.15, 0.2) is 5.16 Å². The number of carbonyl (C=O) groups is 1. The summed E-state index contributed by atoms with van der Waals surface area (Å²) in [6.07, 6.45) is 1.45. The Hall–Kier alpha value is -2.15. The van der Waals surface area contributed by atoms with E-state index in [1.165, 1.54) is 29.0 Å². The van der Waals surface area contributed by atoms with Gasteiger partial charge in [-0.25, -0.2) is 4.39 Å². The molecular formula is C13H11FN2O3S. The number of hydrogen-bond acceptors (Lipinski definition) is 4. The van der Waals surface area contributed by atoms with Crippen LogP contribution in [0.25, 0.3) is 5.69 Å². The number of carboxylic acids is 1. The lowest BCUT2D eigenvalue weighted by Gasteiger charge is -2.11. The second kappa shape index (κ2) is 5.87. The van der Waals surface area contributed by atoms with Crippen molar-refractivity contribution >= 4 is 17.7 Å². The maximum Gasteiger partial charge on any atom is 0.313 e. The number of hydrogen-bond donors (Lipinski definition) is 1. The summed E-state index contributed by atoms with van der Waals surface area (Å²) in [6, 6.07) is 5.64. The summed E-state index contributed by atoms with van der Waals surface area (Å²) >= 11 is 0.906. The first-order valence-corrected chi connectivity index (χ1v) is 6.66. The molecular weight excluding hydrogens is 283 g/mol. The normalized spacial score (nSPS) is 10.5. The zero-order chi connectivity index (χ0) is 14.7. The number of aromatic nitrogens is 2. The molecule has 104 valence electrons. The van der Waals surface area contributed by atoms with Gasteiger partial charge in [-0.2, -0.15) is 4.98 Å². The fourth-order valence-electron chi connectivity index (χ4n) is 1.67. The highest BCUT2D eigenvalue weighted by molar-refractivity contribution is 7.99. The van der Waals surface area contributed by atoms with Crippen LogP contribution in [0, 0.1) is 12.7 Å². The minimum atomic E-state index is -1.02. The standard InChI is InChI=1S/C13H11FN2O3S/c1-8-4-9(14)6-10(5-8)16-3-2-11(17)15-13(16)20-7-12(18)19/h2-6H,7H2,1H3,(H,18,19). The van der Waals surface area contributed by atoms with E-state index >= 15 is 0 Å². The van der Waals surface area contributed by atoms with Crippen LogP contribution in [0.4, 0.5) is 4.39 Å². The predicted molar refractivity (Wildman–Crippen MR) is 72.9 cm³/mol. The molecule has 2 rings (SSSR count).